The number of unbranched alkanes of at least 4 members (excludes halogenated alkanes) is 46. The number of aliphatic hydroxyl groups excluding tert-OH is 8. The first kappa shape index (κ1) is 94.3. The maximum Gasteiger partial charge on any atom is 0.220 e. The van der Waals surface area contributed by atoms with E-state index < -0.39 is 86.8 Å². The van der Waals surface area contributed by atoms with E-state index in [4.69, 9.17) is 18.9 Å². The molecule has 101 heavy (non-hydrogen) atoms. The quantitative estimate of drug-likeness (QED) is 0.0204. The van der Waals surface area contributed by atoms with Gasteiger partial charge in [0.1, 0.15) is 48.8 Å². The molecule has 14 heteroatoms. The third-order valence-electron chi connectivity index (χ3n) is 20.3. The molecule has 9 N–H and O–H groups in total. The first-order valence-electron chi connectivity index (χ1n) is 42.3. The van der Waals surface area contributed by atoms with Crippen LogP contribution in [0.25, 0.3) is 0 Å². The first-order valence-corrected chi connectivity index (χ1v) is 42.3. The van der Waals surface area contributed by atoms with Gasteiger partial charge >= 0.3 is 0 Å². The van der Waals surface area contributed by atoms with E-state index >= 15 is 0 Å². The standard InChI is InChI=1S/C87H157NO13/c1-3-5-7-9-11-13-15-17-19-21-23-25-27-29-31-32-33-34-35-36-37-38-39-40-41-42-43-44-45-47-49-51-53-55-57-59-61-63-65-67-69-71-79(92)88-75(74-98-86-84(97)82(95)85(78(73-90)100-86)101-87-83(96)81(94)80(93)77(72-89)99-87)76(91)70-68-66-64-62-60-58-56-54-52-50-48-46-30-28-26-24-22-20-18-16-14-12-10-8-6-4-2/h5,7,11,13,17,19,23,25,29,31,60,62,68,70,75-78,80-87,89-91,93-97H,3-4,6,8-10,12,14-16,18,20-22,24,26-28,30,32-59,61,63-67,69,71-74H2,1-2H3,(H,88,92)/b7-5-,13-11-,19-17-,25-23-,31-29-,62-60+,70-68+. The van der Waals surface area contributed by atoms with Crippen molar-refractivity contribution in [2.24, 2.45) is 0 Å². The molecule has 12 atom stereocenters. The van der Waals surface area contributed by atoms with Gasteiger partial charge in [0.15, 0.2) is 12.6 Å². The fraction of sp³-hybridized carbons (Fsp3) is 0.828. The summed E-state index contributed by atoms with van der Waals surface area (Å²) >= 11 is 0. The van der Waals surface area contributed by atoms with Gasteiger partial charge in [-0.05, 0) is 77.0 Å². The number of nitrogens with one attached hydrogen (secondary N) is 1. The Hall–Kier alpha value is -2.83. The zero-order valence-electron chi connectivity index (χ0n) is 64.6. The van der Waals surface area contributed by atoms with Crippen LogP contribution in [-0.4, -0.2) is 140 Å². The van der Waals surface area contributed by atoms with Crippen LogP contribution in [0.5, 0.6) is 0 Å². The number of ether oxygens (including phenoxy) is 4. The molecule has 2 aliphatic heterocycles. The van der Waals surface area contributed by atoms with E-state index in [0.717, 1.165) is 64.2 Å². The van der Waals surface area contributed by atoms with Crippen molar-refractivity contribution < 1.29 is 64.6 Å². The summed E-state index contributed by atoms with van der Waals surface area (Å²) in [7, 11) is 0. The molecule has 14 nitrogen and oxygen atoms in total. The SMILES string of the molecule is CC/C=C\C/C=C\C/C=C\C/C=C\C/C=C\CCCCCCCCCCCCCCCCCCCCCCCCCCCC(=O)NC(COC1OC(CO)C(OC2OC(CO)C(O)C(O)C2O)C(O)C1O)C(O)/C=C/CC/C=C/CCCCCCCCCCCCCCCCCCCCCC. The van der Waals surface area contributed by atoms with E-state index in [1.165, 1.54) is 270 Å². The zero-order chi connectivity index (χ0) is 73.0. The van der Waals surface area contributed by atoms with Crippen molar-refractivity contribution in [1.29, 1.82) is 0 Å². The van der Waals surface area contributed by atoms with Crippen LogP contribution in [0.3, 0.4) is 0 Å². The number of allylic oxidation sites excluding steroid dienone is 13. The van der Waals surface area contributed by atoms with Gasteiger partial charge in [0.25, 0.3) is 0 Å². The molecule has 0 aliphatic carbocycles. The van der Waals surface area contributed by atoms with Crippen molar-refractivity contribution in [3.63, 3.8) is 0 Å². The second-order valence-corrected chi connectivity index (χ2v) is 29.6. The summed E-state index contributed by atoms with van der Waals surface area (Å²) in [6.45, 7) is 2.72. The molecule has 588 valence electrons. The Balaban J connectivity index is 1.57. The van der Waals surface area contributed by atoms with Gasteiger partial charge in [0.2, 0.25) is 5.91 Å². The summed E-state index contributed by atoms with van der Waals surface area (Å²) in [6, 6.07) is -0.935. The van der Waals surface area contributed by atoms with Gasteiger partial charge in [-0.2, -0.15) is 0 Å². The van der Waals surface area contributed by atoms with E-state index in [1.54, 1.807) is 6.08 Å². The molecule has 2 heterocycles. The van der Waals surface area contributed by atoms with Crippen molar-refractivity contribution in [2.45, 2.75) is 441 Å². The molecule has 2 saturated heterocycles. The lowest BCUT2D eigenvalue weighted by molar-refractivity contribution is -0.359. The highest BCUT2D eigenvalue weighted by Gasteiger charge is 2.51. The number of amides is 1. The summed E-state index contributed by atoms with van der Waals surface area (Å²) in [4.78, 5) is 13.4. The third-order valence-corrected chi connectivity index (χ3v) is 20.3. The van der Waals surface area contributed by atoms with Gasteiger partial charge in [0.05, 0.1) is 32.0 Å². The number of aliphatic hydroxyl groups is 8. The predicted octanol–water partition coefficient (Wildman–Crippen LogP) is 19.9. The summed E-state index contributed by atoms with van der Waals surface area (Å²) in [5.41, 5.74) is 0. The molecule has 0 saturated carbocycles. The van der Waals surface area contributed by atoms with Crippen molar-refractivity contribution >= 4 is 5.91 Å². The predicted molar refractivity (Wildman–Crippen MR) is 420 cm³/mol. The molecule has 2 aliphatic rings. The van der Waals surface area contributed by atoms with Gasteiger partial charge < -0.3 is 65.1 Å². The lowest BCUT2D eigenvalue weighted by Gasteiger charge is -2.46. The molecule has 0 aromatic carbocycles. The molecule has 0 bridgehead atoms. The Morgan fingerprint density at radius 2 is 0.693 bits per heavy atom. The van der Waals surface area contributed by atoms with Crippen LogP contribution in [0.1, 0.15) is 367 Å². The van der Waals surface area contributed by atoms with Crippen LogP contribution < -0.4 is 5.32 Å². The Bertz CT molecular complexity index is 2020. The zero-order valence-corrected chi connectivity index (χ0v) is 64.6. The van der Waals surface area contributed by atoms with E-state index in [9.17, 15) is 45.6 Å². The summed E-state index contributed by atoms with van der Waals surface area (Å²) < 4.78 is 22.9. The molecule has 12 unspecified atom stereocenters. The highest BCUT2D eigenvalue weighted by molar-refractivity contribution is 5.76. The minimum absolute atomic E-state index is 0.243. The van der Waals surface area contributed by atoms with Crippen LogP contribution in [0.15, 0.2) is 85.1 Å². The minimum atomic E-state index is -1.79. The smallest absolute Gasteiger partial charge is 0.220 e. The third kappa shape index (κ3) is 52.7. The maximum absolute atomic E-state index is 13.4. The molecule has 0 aromatic rings. The highest BCUT2D eigenvalue weighted by Crippen LogP contribution is 2.30. The Morgan fingerprint density at radius 3 is 1.09 bits per heavy atom. The van der Waals surface area contributed by atoms with Crippen LogP contribution in [0.2, 0.25) is 0 Å². The van der Waals surface area contributed by atoms with Gasteiger partial charge in [0, 0.05) is 6.42 Å². The monoisotopic (exact) mass is 1420 g/mol. The summed E-state index contributed by atoms with van der Waals surface area (Å²) in [5, 5.41) is 87.7. The van der Waals surface area contributed by atoms with Crippen molar-refractivity contribution in [3.8, 4) is 0 Å². The highest BCUT2D eigenvalue weighted by atomic mass is 16.7. The Kier molecular flexibility index (Phi) is 65.5. The number of hydrogen-bond donors (Lipinski definition) is 9. The molecule has 0 aromatic heterocycles. The fourth-order valence-electron chi connectivity index (χ4n) is 13.7. The number of carbonyl (C=O) groups is 1. The Labute approximate surface area is 618 Å². The molecule has 0 spiro atoms. The lowest BCUT2D eigenvalue weighted by atomic mass is 9.97. The second kappa shape index (κ2) is 70.2. The second-order valence-electron chi connectivity index (χ2n) is 29.6. The van der Waals surface area contributed by atoms with Gasteiger partial charge in [-0.25, -0.2) is 0 Å². The van der Waals surface area contributed by atoms with Gasteiger partial charge in [-0.3, -0.25) is 4.79 Å². The Morgan fingerprint density at radius 1 is 0.366 bits per heavy atom. The number of rotatable bonds is 71. The molecular formula is C87H157NO13. The van der Waals surface area contributed by atoms with Gasteiger partial charge in [-0.15, -0.1) is 0 Å². The van der Waals surface area contributed by atoms with E-state index in [1.807, 2.05) is 6.08 Å². The largest absolute Gasteiger partial charge is 0.394 e. The first-order chi connectivity index (χ1) is 49.6. The van der Waals surface area contributed by atoms with Crippen LogP contribution in [0, 0.1) is 0 Å². The molecule has 0 radical (unpaired) electrons. The minimum Gasteiger partial charge on any atom is -0.394 e. The van der Waals surface area contributed by atoms with Gasteiger partial charge in [-0.1, -0.05) is 369 Å². The van der Waals surface area contributed by atoms with E-state index in [-0.39, 0.29) is 18.9 Å². The van der Waals surface area contributed by atoms with Crippen LogP contribution in [0.4, 0.5) is 0 Å². The number of hydrogen-bond acceptors (Lipinski definition) is 13. The van der Waals surface area contributed by atoms with Crippen LogP contribution in [-0.2, 0) is 23.7 Å². The average molecular weight is 1430 g/mol. The van der Waals surface area contributed by atoms with E-state index in [0.29, 0.717) is 12.8 Å². The number of carbonyl (C=O) groups excluding carboxylic acids is 1. The maximum atomic E-state index is 13.4. The van der Waals surface area contributed by atoms with Crippen molar-refractivity contribution in [2.75, 3.05) is 19.8 Å². The van der Waals surface area contributed by atoms with E-state index in [2.05, 4.69) is 92.1 Å². The van der Waals surface area contributed by atoms with Crippen molar-refractivity contribution in [1.82, 2.24) is 5.32 Å². The summed E-state index contributed by atoms with van der Waals surface area (Å²) in [6.07, 6.45) is 82.6. The normalized spacial score (nSPS) is 22.2. The fourth-order valence-corrected chi connectivity index (χ4v) is 13.7. The topological polar surface area (TPSA) is 228 Å². The molecule has 1 amide bonds. The molecular weight excluding hydrogens is 1270 g/mol. The van der Waals surface area contributed by atoms with Crippen molar-refractivity contribution in [3.05, 3.63) is 85.1 Å². The lowest BCUT2D eigenvalue weighted by Crippen LogP contribution is -2.65. The summed E-state index contributed by atoms with van der Waals surface area (Å²) in [5.74, 6) is -0.243. The van der Waals surface area contributed by atoms with Crippen LogP contribution >= 0.6 is 0 Å². The average Bonchev–Trinajstić information content (AvgIpc) is 0.792. The molecule has 2 rings (SSSR count). The molecule has 2 fully saturated rings.